The van der Waals surface area contributed by atoms with E-state index in [0.29, 0.717) is 10.6 Å². The van der Waals surface area contributed by atoms with Gasteiger partial charge in [-0.2, -0.15) is 11.3 Å². The van der Waals surface area contributed by atoms with Gasteiger partial charge in [0.1, 0.15) is 5.75 Å². The van der Waals surface area contributed by atoms with Crippen LogP contribution in [0.5, 0.6) is 5.75 Å². The lowest BCUT2D eigenvalue weighted by atomic mass is 10.3. The molecule has 0 fully saturated rings. The van der Waals surface area contributed by atoms with Crippen molar-refractivity contribution in [2.24, 2.45) is 0 Å². The van der Waals surface area contributed by atoms with Crippen molar-refractivity contribution in [3.63, 3.8) is 0 Å². The number of ether oxygens (including phenoxy) is 1. The van der Waals surface area contributed by atoms with Crippen molar-refractivity contribution in [2.45, 2.75) is 9.79 Å². The summed E-state index contributed by atoms with van der Waals surface area (Å²) in [6.07, 6.45) is 0. The van der Waals surface area contributed by atoms with Crippen LogP contribution in [0.25, 0.3) is 0 Å². The molecule has 0 bridgehead atoms. The maximum Gasteiger partial charge on any atom is 0.207 e. The minimum atomic E-state index is -3.37. The molecule has 1 heterocycles. The number of sulfone groups is 1. The molecule has 0 aliphatic rings. The zero-order chi connectivity index (χ0) is 11.6. The van der Waals surface area contributed by atoms with E-state index >= 15 is 0 Å². The molecule has 5 heteroatoms. The van der Waals surface area contributed by atoms with Gasteiger partial charge in [-0.05, 0) is 35.7 Å². The quantitative estimate of drug-likeness (QED) is 0.845. The van der Waals surface area contributed by atoms with Crippen LogP contribution in [0, 0.1) is 0 Å². The summed E-state index contributed by atoms with van der Waals surface area (Å²) < 4.78 is 29.1. The van der Waals surface area contributed by atoms with Gasteiger partial charge in [0.25, 0.3) is 0 Å². The first-order chi connectivity index (χ1) is 7.64. The summed E-state index contributed by atoms with van der Waals surface area (Å²) in [5.41, 5.74) is 0. The van der Waals surface area contributed by atoms with E-state index in [1.807, 2.05) is 0 Å². The van der Waals surface area contributed by atoms with E-state index in [-0.39, 0.29) is 4.90 Å². The first kappa shape index (κ1) is 11.2. The number of benzene rings is 1. The van der Waals surface area contributed by atoms with E-state index < -0.39 is 9.84 Å². The molecule has 0 amide bonds. The van der Waals surface area contributed by atoms with Crippen LogP contribution in [0.3, 0.4) is 0 Å². The Morgan fingerprint density at radius 3 is 2.25 bits per heavy atom. The van der Waals surface area contributed by atoms with Crippen LogP contribution in [0.2, 0.25) is 0 Å². The highest BCUT2D eigenvalue weighted by molar-refractivity contribution is 7.91. The Labute approximate surface area is 98.2 Å². The average Bonchev–Trinajstić information content (AvgIpc) is 2.83. The van der Waals surface area contributed by atoms with Crippen LogP contribution in [-0.2, 0) is 9.84 Å². The minimum Gasteiger partial charge on any atom is -0.497 e. The topological polar surface area (TPSA) is 43.4 Å². The van der Waals surface area contributed by atoms with Gasteiger partial charge < -0.3 is 4.74 Å². The van der Waals surface area contributed by atoms with Gasteiger partial charge >= 0.3 is 0 Å². The lowest BCUT2D eigenvalue weighted by Crippen LogP contribution is -2.00. The summed E-state index contributed by atoms with van der Waals surface area (Å²) in [5, 5.41) is 3.37. The van der Waals surface area contributed by atoms with Crippen molar-refractivity contribution >= 4 is 21.2 Å². The van der Waals surface area contributed by atoms with Gasteiger partial charge in [0.05, 0.1) is 16.9 Å². The highest BCUT2D eigenvalue weighted by atomic mass is 32.2. The largest absolute Gasteiger partial charge is 0.497 e. The Morgan fingerprint density at radius 1 is 1.06 bits per heavy atom. The lowest BCUT2D eigenvalue weighted by molar-refractivity contribution is 0.414. The molecule has 0 N–H and O–H groups in total. The molecule has 1 aromatic heterocycles. The Morgan fingerprint density at radius 2 is 1.75 bits per heavy atom. The standard InChI is InChI=1S/C11H10O3S2/c1-14-9-2-4-10(5-3-9)16(12,13)11-6-7-15-8-11/h2-8H,1H3. The number of thiophene rings is 1. The van der Waals surface area contributed by atoms with Gasteiger partial charge in [-0.3, -0.25) is 0 Å². The summed E-state index contributed by atoms with van der Waals surface area (Å²) in [5.74, 6) is 0.643. The number of methoxy groups -OCH3 is 1. The summed E-state index contributed by atoms with van der Waals surface area (Å²) >= 11 is 1.36. The molecule has 0 saturated heterocycles. The van der Waals surface area contributed by atoms with Crippen molar-refractivity contribution in [1.82, 2.24) is 0 Å². The number of rotatable bonds is 3. The van der Waals surface area contributed by atoms with Gasteiger partial charge in [0.2, 0.25) is 9.84 Å². The molecule has 0 saturated carbocycles. The van der Waals surface area contributed by atoms with Crippen LogP contribution in [0.1, 0.15) is 0 Å². The summed E-state index contributed by atoms with van der Waals surface area (Å²) in [4.78, 5) is 0.620. The van der Waals surface area contributed by atoms with Crippen molar-refractivity contribution in [3.8, 4) is 5.75 Å². The molecule has 0 atom stereocenters. The number of hydrogen-bond donors (Lipinski definition) is 0. The van der Waals surface area contributed by atoms with Crippen LogP contribution < -0.4 is 4.74 Å². The maximum absolute atomic E-state index is 12.1. The highest BCUT2D eigenvalue weighted by Crippen LogP contribution is 2.24. The van der Waals surface area contributed by atoms with Crippen LogP contribution >= 0.6 is 11.3 Å². The van der Waals surface area contributed by atoms with E-state index in [9.17, 15) is 8.42 Å². The normalized spacial score (nSPS) is 11.3. The molecule has 2 rings (SSSR count). The monoisotopic (exact) mass is 254 g/mol. The van der Waals surface area contributed by atoms with Crippen molar-refractivity contribution in [2.75, 3.05) is 7.11 Å². The fourth-order valence-corrected chi connectivity index (χ4v) is 3.59. The molecule has 0 aliphatic carbocycles. The zero-order valence-corrected chi connectivity index (χ0v) is 10.2. The summed E-state index contributed by atoms with van der Waals surface area (Å²) in [6.45, 7) is 0. The minimum absolute atomic E-state index is 0.284. The Bertz CT molecular complexity index is 554. The highest BCUT2D eigenvalue weighted by Gasteiger charge is 2.17. The Hall–Kier alpha value is -1.33. The van der Waals surface area contributed by atoms with Crippen LogP contribution in [-0.4, -0.2) is 15.5 Å². The molecule has 0 radical (unpaired) electrons. The molecule has 84 valence electrons. The first-order valence-corrected chi connectivity index (χ1v) is 6.98. The van der Waals surface area contributed by atoms with E-state index in [0.717, 1.165) is 0 Å². The average molecular weight is 254 g/mol. The molecule has 1 aromatic carbocycles. The molecular weight excluding hydrogens is 244 g/mol. The second-order valence-corrected chi connectivity index (χ2v) is 5.87. The Kier molecular flexibility index (Phi) is 2.98. The molecule has 2 aromatic rings. The van der Waals surface area contributed by atoms with Crippen LogP contribution in [0.4, 0.5) is 0 Å². The third kappa shape index (κ3) is 1.96. The molecule has 0 spiro atoms. The number of hydrogen-bond acceptors (Lipinski definition) is 4. The fourth-order valence-electron chi connectivity index (χ4n) is 1.30. The predicted octanol–water partition coefficient (Wildman–Crippen LogP) is 2.59. The van der Waals surface area contributed by atoms with Crippen LogP contribution in [0.15, 0.2) is 50.9 Å². The second-order valence-electron chi connectivity index (χ2n) is 3.14. The van der Waals surface area contributed by atoms with E-state index in [4.69, 9.17) is 4.74 Å². The third-order valence-corrected chi connectivity index (χ3v) is 4.77. The fraction of sp³-hybridized carbons (Fsp3) is 0.0909. The van der Waals surface area contributed by atoms with Crippen molar-refractivity contribution < 1.29 is 13.2 Å². The van der Waals surface area contributed by atoms with Gasteiger partial charge in [-0.25, -0.2) is 8.42 Å². The molecule has 16 heavy (non-hydrogen) atoms. The van der Waals surface area contributed by atoms with Crippen molar-refractivity contribution in [3.05, 3.63) is 41.1 Å². The maximum atomic E-state index is 12.1. The predicted molar refractivity (Wildman–Crippen MR) is 62.8 cm³/mol. The van der Waals surface area contributed by atoms with E-state index in [1.54, 1.807) is 48.2 Å². The summed E-state index contributed by atoms with van der Waals surface area (Å²) in [7, 11) is -1.82. The van der Waals surface area contributed by atoms with E-state index in [1.165, 1.54) is 11.3 Å². The first-order valence-electron chi connectivity index (χ1n) is 4.56. The van der Waals surface area contributed by atoms with Gasteiger partial charge in [0, 0.05) is 5.38 Å². The van der Waals surface area contributed by atoms with Gasteiger partial charge in [-0.15, -0.1) is 0 Å². The molecule has 0 unspecified atom stereocenters. The van der Waals surface area contributed by atoms with E-state index in [2.05, 4.69) is 0 Å². The lowest BCUT2D eigenvalue weighted by Gasteiger charge is -2.03. The SMILES string of the molecule is COc1ccc(S(=O)(=O)c2ccsc2)cc1. The Balaban J connectivity index is 2.44. The summed E-state index contributed by atoms with van der Waals surface area (Å²) in [6, 6.07) is 7.97. The second kappa shape index (κ2) is 4.27. The third-order valence-electron chi connectivity index (χ3n) is 2.18. The smallest absolute Gasteiger partial charge is 0.207 e. The molecule has 0 aliphatic heterocycles. The molecular formula is C11H10O3S2. The van der Waals surface area contributed by atoms with Gasteiger partial charge in [-0.1, -0.05) is 0 Å². The van der Waals surface area contributed by atoms with Crippen molar-refractivity contribution in [1.29, 1.82) is 0 Å². The van der Waals surface area contributed by atoms with Gasteiger partial charge in [0.15, 0.2) is 0 Å². The molecule has 3 nitrogen and oxygen atoms in total. The zero-order valence-electron chi connectivity index (χ0n) is 8.58.